The van der Waals surface area contributed by atoms with Crippen LogP contribution in [-0.4, -0.2) is 32.2 Å². The number of nitrogens with zero attached hydrogens (tertiary/aromatic N) is 3. The number of carbonyl (C=O) groups is 1. The lowest BCUT2D eigenvalue weighted by molar-refractivity contribution is 0.0520. The molecule has 19 heavy (non-hydrogen) atoms. The van der Waals surface area contributed by atoms with Gasteiger partial charge >= 0.3 is 5.97 Å². The molecule has 0 bridgehead atoms. The minimum atomic E-state index is -0.408. The van der Waals surface area contributed by atoms with Crippen LogP contribution in [0.3, 0.4) is 0 Å². The molecule has 0 aromatic carbocycles. The molecule has 0 radical (unpaired) electrons. The van der Waals surface area contributed by atoms with Gasteiger partial charge in [-0.2, -0.15) is 5.10 Å². The van der Waals surface area contributed by atoms with Crippen molar-refractivity contribution in [2.75, 3.05) is 6.61 Å². The Labute approximate surface area is 109 Å². The number of H-pyrrole nitrogens is 1. The lowest BCUT2D eigenvalue weighted by Gasteiger charge is -1.98. The lowest BCUT2D eigenvalue weighted by Crippen LogP contribution is -2.04. The van der Waals surface area contributed by atoms with Crippen LogP contribution in [0.5, 0.6) is 0 Å². The highest BCUT2D eigenvalue weighted by molar-refractivity contribution is 5.88. The first-order valence-corrected chi connectivity index (χ1v) is 5.93. The Bertz CT molecular complexity index is 715. The van der Waals surface area contributed by atoms with Crippen LogP contribution in [0.15, 0.2) is 36.8 Å². The lowest BCUT2D eigenvalue weighted by atomic mass is 10.2. The van der Waals surface area contributed by atoms with Crippen molar-refractivity contribution in [1.82, 2.24) is 19.6 Å². The molecule has 6 nitrogen and oxygen atoms in total. The molecule has 1 N–H and O–H groups in total. The fourth-order valence-electron chi connectivity index (χ4n) is 1.87. The smallest absolute Gasteiger partial charge is 0.358 e. The Kier molecular flexibility index (Phi) is 2.75. The number of hydrogen-bond donors (Lipinski definition) is 1. The minimum absolute atomic E-state index is 0.309. The number of esters is 1. The normalized spacial score (nSPS) is 10.8. The number of rotatable bonds is 3. The maximum atomic E-state index is 11.6. The van der Waals surface area contributed by atoms with Crippen molar-refractivity contribution in [1.29, 1.82) is 0 Å². The van der Waals surface area contributed by atoms with E-state index in [1.165, 1.54) is 0 Å². The first-order valence-electron chi connectivity index (χ1n) is 5.93. The zero-order chi connectivity index (χ0) is 13.2. The molecule has 96 valence electrons. The van der Waals surface area contributed by atoms with Crippen LogP contribution in [0.1, 0.15) is 17.4 Å². The van der Waals surface area contributed by atoms with Gasteiger partial charge < -0.3 is 9.14 Å². The summed E-state index contributed by atoms with van der Waals surface area (Å²) < 4.78 is 6.72. The van der Waals surface area contributed by atoms with Gasteiger partial charge in [-0.1, -0.05) is 0 Å². The number of nitrogens with one attached hydrogen (secondary N) is 1. The molecule has 0 fully saturated rings. The van der Waals surface area contributed by atoms with E-state index in [-0.39, 0.29) is 0 Å². The summed E-state index contributed by atoms with van der Waals surface area (Å²) in [6, 6.07) is 5.65. The number of hydrogen-bond acceptors (Lipinski definition) is 4. The van der Waals surface area contributed by atoms with Crippen LogP contribution in [0, 0.1) is 0 Å². The van der Waals surface area contributed by atoms with E-state index in [9.17, 15) is 4.79 Å². The van der Waals surface area contributed by atoms with Crippen LogP contribution in [0.2, 0.25) is 0 Å². The average molecular weight is 256 g/mol. The zero-order valence-corrected chi connectivity index (χ0v) is 10.3. The van der Waals surface area contributed by atoms with Crippen LogP contribution in [0.4, 0.5) is 0 Å². The van der Waals surface area contributed by atoms with E-state index < -0.39 is 5.97 Å². The molecule has 0 aliphatic rings. The van der Waals surface area contributed by atoms with Gasteiger partial charge in [0.25, 0.3) is 0 Å². The Balaban J connectivity index is 2.02. The van der Waals surface area contributed by atoms with E-state index in [0.717, 1.165) is 11.3 Å². The van der Waals surface area contributed by atoms with Gasteiger partial charge in [0.2, 0.25) is 0 Å². The number of aromatic amines is 1. The number of pyridine rings is 1. The Hall–Kier alpha value is -2.63. The predicted molar refractivity (Wildman–Crippen MR) is 68.7 cm³/mol. The summed E-state index contributed by atoms with van der Waals surface area (Å²) >= 11 is 0. The monoisotopic (exact) mass is 256 g/mol. The van der Waals surface area contributed by atoms with Crippen LogP contribution in [-0.2, 0) is 4.74 Å². The number of aromatic nitrogens is 4. The largest absolute Gasteiger partial charge is 0.461 e. The van der Waals surface area contributed by atoms with Gasteiger partial charge in [-0.25, -0.2) is 9.78 Å². The molecule has 0 amide bonds. The number of carbonyl (C=O) groups excluding carboxylic acids is 1. The molecule has 0 spiro atoms. The van der Waals surface area contributed by atoms with Gasteiger partial charge in [0.15, 0.2) is 5.69 Å². The van der Waals surface area contributed by atoms with Gasteiger partial charge in [0, 0.05) is 24.2 Å². The maximum Gasteiger partial charge on any atom is 0.358 e. The molecular formula is C13H12N4O2. The second-order valence-corrected chi connectivity index (χ2v) is 4.00. The predicted octanol–water partition coefficient (Wildman–Crippen LogP) is 1.90. The van der Waals surface area contributed by atoms with Crippen LogP contribution in [0.25, 0.3) is 16.9 Å². The summed E-state index contributed by atoms with van der Waals surface area (Å²) in [4.78, 5) is 15.8. The molecule has 3 rings (SSSR count). The van der Waals surface area contributed by atoms with E-state index in [0.29, 0.717) is 17.9 Å². The second-order valence-electron chi connectivity index (χ2n) is 4.00. The van der Waals surface area contributed by atoms with Gasteiger partial charge in [0.05, 0.1) is 12.3 Å². The standard InChI is InChI=1S/C13H12N4O2/c1-2-19-13(18)11-8-17-7-9(3-4-12(17)15-11)10-5-6-14-16-10/h3-8H,2H2,1H3,(H,14,16). The molecular weight excluding hydrogens is 244 g/mol. The van der Waals surface area contributed by atoms with Crippen LogP contribution >= 0.6 is 0 Å². The van der Waals surface area contributed by atoms with E-state index >= 15 is 0 Å². The van der Waals surface area contributed by atoms with Crippen LogP contribution < -0.4 is 0 Å². The average Bonchev–Trinajstić information content (AvgIpc) is 3.07. The first kappa shape index (κ1) is 11.5. The fraction of sp³-hybridized carbons (Fsp3) is 0.154. The third-order valence-corrected chi connectivity index (χ3v) is 2.75. The molecule has 3 aromatic rings. The van der Waals surface area contributed by atoms with Crippen molar-refractivity contribution >= 4 is 11.6 Å². The summed E-state index contributed by atoms with van der Waals surface area (Å²) in [6.45, 7) is 2.11. The van der Waals surface area contributed by atoms with Crippen molar-refractivity contribution in [3.63, 3.8) is 0 Å². The molecule has 3 aromatic heterocycles. The van der Waals surface area contributed by atoms with Crippen molar-refractivity contribution in [3.8, 4) is 11.3 Å². The van der Waals surface area contributed by atoms with Gasteiger partial charge in [-0.3, -0.25) is 5.10 Å². The Morgan fingerprint density at radius 2 is 2.26 bits per heavy atom. The van der Waals surface area contributed by atoms with E-state index in [1.807, 2.05) is 24.4 Å². The fourth-order valence-corrected chi connectivity index (χ4v) is 1.87. The van der Waals surface area contributed by atoms with Crippen molar-refractivity contribution in [2.45, 2.75) is 6.92 Å². The van der Waals surface area contributed by atoms with Crippen molar-refractivity contribution in [2.24, 2.45) is 0 Å². The third kappa shape index (κ3) is 2.08. The number of fused-ring (bicyclic) bond motifs is 1. The van der Waals surface area contributed by atoms with Gasteiger partial charge in [-0.05, 0) is 25.1 Å². The molecule has 0 unspecified atom stereocenters. The Morgan fingerprint density at radius 3 is 3.00 bits per heavy atom. The molecule has 0 atom stereocenters. The molecule has 0 saturated heterocycles. The van der Waals surface area contributed by atoms with E-state index in [4.69, 9.17) is 4.74 Å². The third-order valence-electron chi connectivity index (χ3n) is 2.75. The summed E-state index contributed by atoms with van der Waals surface area (Å²) in [5.74, 6) is -0.408. The molecule has 6 heteroatoms. The Morgan fingerprint density at radius 1 is 1.37 bits per heavy atom. The molecule has 0 aliphatic carbocycles. The summed E-state index contributed by atoms with van der Waals surface area (Å²) in [5.41, 5.74) is 2.89. The SMILES string of the molecule is CCOC(=O)c1cn2cc(-c3ccn[nH]3)ccc2n1. The summed E-state index contributed by atoms with van der Waals surface area (Å²) in [7, 11) is 0. The highest BCUT2D eigenvalue weighted by Crippen LogP contribution is 2.17. The highest BCUT2D eigenvalue weighted by Gasteiger charge is 2.12. The summed E-state index contributed by atoms with van der Waals surface area (Å²) in [6.07, 6.45) is 5.24. The van der Waals surface area contributed by atoms with Gasteiger partial charge in [0.1, 0.15) is 5.65 Å². The quantitative estimate of drug-likeness (QED) is 0.726. The molecule has 0 saturated carbocycles. The van der Waals surface area contributed by atoms with Crippen molar-refractivity contribution in [3.05, 3.63) is 42.5 Å². The van der Waals surface area contributed by atoms with Gasteiger partial charge in [-0.15, -0.1) is 0 Å². The number of ether oxygens (including phenoxy) is 1. The maximum absolute atomic E-state index is 11.6. The zero-order valence-electron chi connectivity index (χ0n) is 10.3. The van der Waals surface area contributed by atoms with E-state index in [2.05, 4.69) is 15.2 Å². The highest BCUT2D eigenvalue weighted by atomic mass is 16.5. The van der Waals surface area contributed by atoms with Crippen molar-refractivity contribution < 1.29 is 9.53 Å². The molecule has 3 heterocycles. The topological polar surface area (TPSA) is 72.3 Å². The minimum Gasteiger partial charge on any atom is -0.461 e. The number of imidazole rings is 1. The van der Waals surface area contributed by atoms with E-state index in [1.54, 1.807) is 23.7 Å². The molecule has 0 aliphatic heterocycles. The summed E-state index contributed by atoms with van der Waals surface area (Å²) in [5, 5.41) is 6.81. The second kappa shape index (κ2) is 4.56. The first-order chi connectivity index (χ1) is 9.28.